The van der Waals surface area contributed by atoms with Gasteiger partial charge in [0.1, 0.15) is 23.9 Å². The van der Waals surface area contributed by atoms with Crippen LogP contribution in [0.5, 0.6) is 11.5 Å². The second-order valence-corrected chi connectivity index (χ2v) is 7.97. The summed E-state index contributed by atoms with van der Waals surface area (Å²) in [7, 11) is 0. The van der Waals surface area contributed by atoms with Crippen LogP contribution in [0.25, 0.3) is 0 Å². The van der Waals surface area contributed by atoms with Crippen LogP contribution < -0.4 is 15.3 Å². The number of ether oxygens (including phenoxy) is 2. The Morgan fingerprint density at radius 2 is 1.86 bits per heavy atom. The molecular weight excluding hydrogens is 391 g/mol. The molecule has 0 fully saturated rings. The van der Waals surface area contributed by atoms with Crippen molar-refractivity contribution in [2.75, 3.05) is 18.2 Å². The molecule has 0 saturated carbocycles. The number of halogens is 1. The molecule has 1 heterocycles. The van der Waals surface area contributed by atoms with Gasteiger partial charge in [0, 0.05) is 5.75 Å². The molecule has 0 aliphatic carbocycles. The van der Waals surface area contributed by atoms with E-state index >= 15 is 0 Å². The molecular formula is C21H25FN4O2S. The number of hydrogen-bond donors (Lipinski definition) is 1. The lowest BCUT2D eigenvalue weighted by molar-refractivity contribution is 0.287. The van der Waals surface area contributed by atoms with Gasteiger partial charge >= 0.3 is 0 Å². The summed E-state index contributed by atoms with van der Waals surface area (Å²) in [6.45, 7) is 6.97. The van der Waals surface area contributed by atoms with E-state index in [9.17, 15) is 4.39 Å². The van der Waals surface area contributed by atoms with E-state index in [1.807, 2.05) is 13.0 Å². The van der Waals surface area contributed by atoms with E-state index < -0.39 is 0 Å². The Morgan fingerprint density at radius 1 is 1.10 bits per heavy atom. The second-order valence-electron chi connectivity index (χ2n) is 6.90. The highest BCUT2D eigenvalue weighted by molar-refractivity contribution is 7.99. The largest absolute Gasteiger partial charge is 0.493 e. The van der Waals surface area contributed by atoms with Crippen LogP contribution >= 0.6 is 11.8 Å². The molecule has 2 N–H and O–H groups in total. The molecule has 0 radical (unpaired) electrons. The van der Waals surface area contributed by atoms with Crippen molar-refractivity contribution < 1.29 is 13.9 Å². The van der Waals surface area contributed by atoms with Crippen LogP contribution in [0.1, 0.15) is 36.7 Å². The van der Waals surface area contributed by atoms with Gasteiger partial charge in [0.15, 0.2) is 5.82 Å². The van der Waals surface area contributed by atoms with Crippen molar-refractivity contribution in [1.82, 2.24) is 14.9 Å². The molecule has 0 aliphatic rings. The molecule has 0 amide bonds. The molecule has 6 nitrogen and oxygen atoms in total. The SMILES string of the molecule is Cc1ccc(C(C)C)c(OCc2nnc(SCCOc3ccc(F)cc3)n2N)c1. The standard InChI is InChI=1S/C21H25FN4O2S/c1-14(2)18-9-4-15(3)12-19(18)28-13-20-24-25-21(26(20)23)29-11-10-27-17-7-5-16(22)6-8-17/h4-9,12,14H,10-11,13,23H2,1-3H3. The zero-order chi connectivity index (χ0) is 20.8. The smallest absolute Gasteiger partial charge is 0.210 e. The van der Waals surface area contributed by atoms with Crippen molar-refractivity contribution >= 4 is 11.8 Å². The van der Waals surface area contributed by atoms with Gasteiger partial charge < -0.3 is 15.3 Å². The number of thioether (sulfide) groups is 1. The van der Waals surface area contributed by atoms with Crippen LogP contribution in [0.4, 0.5) is 4.39 Å². The van der Waals surface area contributed by atoms with Crippen LogP contribution in [-0.4, -0.2) is 27.2 Å². The van der Waals surface area contributed by atoms with Crippen LogP contribution in [0, 0.1) is 12.7 Å². The lowest BCUT2D eigenvalue weighted by Crippen LogP contribution is -2.16. The van der Waals surface area contributed by atoms with E-state index in [0.29, 0.717) is 35.0 Å². The summed E-state index contributed by atoms with van der Waals surface area (Å²) < 4.78 is 25.9. The van der Waals surface area contributed by atoms with E-state index in [0.717, 1.165) is 16.9 Å². The summed E-state index contributed by atoms with van der Waals surface area (Å²) in [6, 6.07) is 12.1. The number of nitrogen functional groups attached to an aromatic ring is 1. The maximum Gasteiger partial charge on any atom is 0.210 e. The van der Waals surface area contributed by atoms with Crippen molar-refractivity contribution in [3.8, 4) is 11.5 Å². The fourth-order valence-corrected chi connectivity index (χ4v) is 3.41. The van der Waals surface area contributed by atoms with E-state index in [1.54, 1.807) is 12.1 Å². The molecule has 0 spiro atoms. The van der Waals surface area contributed by atoms with Gasteiger partial charge in [-0.05, 0) is 54.3 Å². The molecule has 2 aromatic carbocycles. The van der Waals surface area contributed by atoms with Gasteiger partial charge in [-0.15, -0.1) is 10.2 Å². The molecule has 0 aliphatic heterocycles. The Hall–Kier alpha value is -2.74. The highest BCUT2D eigenvalue weighted by atomic mass is 32.2. The summed E-state index contributed by atoms with van der Waals surface area (Å²) >= 11 is 1.43. The first-order chi connectivity index (χ1) is 13.9. The zero-order valence-electron chi connectivity index (χ0n) is 16.8. The zero-order valence-corrected chi connectivity index (χ0v) is 17.6. The van der Waals surface area contributed by atoms with E-state index in [-0.39, 0.29) is 12.4 Å². The predicted molar refractivity (Wildman–Crippen MR) is 112 cm³/mol. The average molecular weight is 417 g/mol. The van der Waals surface area contributed by atoms with Crippen molar-refractivity contribution in [2.45, 2.75) is 38.5 Å². The molecule has 154 valence electrons. The summed E-state index contributed by atoms with van der Waals surface area (Å²) in [5, 5.41) is 8.84. The van der Waals surface area contributed by atoms with Crippen molar-refractivity contribution in [3.63, 3.8) is 0 Å². The van der Waals surface area contributed by atoms with Crippen LogP contribution in [0.3, 0.4) is 0 Å². The minimum absolute atomic E-state index is 0.235. The molecule has 3 rings (SSSR count). The van der Waals surface area contributed by atoms with Crippen molar-refractivity contribution in [3.05, 3.63) is 65.2 Å². The molecule has 29 heavy (non-hydrogen) atoms. The lowest BCUT2D eigenvalue weighted by Gasteiger charge is -2.14. The van der Waals surface area contributed by atoms with Gasteiger partial charge in [-0.3, -0.25) is 0 Å². The fraction of sp³-hybridized carbons (Fsp3) is 0.333. The maximum absolute atomic E-state index is 12.9. The molecule has 8 heteroatoms. The normalized spacial score (nSPS) is 11.1. The van der Waals surface area contributed by atoms with E-state index in [2.05, 4.69) is 36.2 Å². The number of rotatable bonds is 9. The first-order valence-corrected chi connectivity index (χ1v) is 10.4. The molecule has 0 atom stereocenters. The van der Waals surface area contributed by atoms with Gasteiger partial charge in [-0.1, -0.05) is 37.7 Å². The lowest BCUT2D eigenvalue weighted by atomic mass is 10.0. The third kappa shape index (κ3) is 5.63. The number of aromatic nitrogens is 3. The summed E-state index contributed by atoms with van der Waals surface area (Å²) in [6.07, 6.45) is 0. The summed E-state index contributed by atoms with van der Waals surface area (Å²) in [5.41, 5.74) is 2.28. The number of aryl methyl sites for hydroxylation is 1. The molecule has 0 saturated heterocycles. The summed E-state index contributed by atoms with van der Waals surface area (Å²) in [5.74, 6) is 8.81. The van der Waals surface area contributed by atoms with Gasteiger partial charge in [-0.2, -0.15) is 0 Å². The van der Waals surface area contributed by atoms with E-state index in [4.69, 9.17) is 15.3 Å². The van der Waals surface area contributed by atoms with Gasteiger partial charge in [0.2, 0.25) is 5.16 Å². The van der Waals surface area contributed by atoms with E-state index in [1.165, 1.54) is 28.6 Å². The number of benzene rings is 2. The number of nitrogens with two attached hydrogens (primary N) is 1. The monoisotopic (exact) mass is 416 g/mol. The molecule has 0 bridgehead atoms. The number of hydrogen-bond acceptors (Lipinski definition) is 6. The molecule has 3 aromatic rings. The minimum atomic E-state index is -0.288. The van der Waals surface area contributed by atoms with Gasteiger partial charge in [0.05, 0.1) is 6.61 Å². The highest BCUT2D eigenvalue weighted by Crippen LogP contribution is 2.28. The third-order valence-electron chi connectivity index (χ3n) is 4.28. The Balaban J connectivity index is 1.53. The third-order valence-corrected chi connectivity index (χ3v) is 5.19. The maximum atomic E-state index is 12.9. The first-order valence-electron chi connectivity index (χ1n) is 9.38. The van der Waals surface area contributed by atoms with Crippen LogP contribution in [0.15, 0.2) is 47.6 Å². The highest BCUT2D eigenvalue weighted by Gasteiger charge is 2.13. The van der Waals surface area contributed by atoms with Gasteiger partial charge in [0.25, 0.3) is 0 Å². The first kappa shape index (κ1) is 21.0. The Morgan fingerprint density at radius 3 is 2.59 bits per heavy atom. The quantitative estimate of drug-likeness (QED) is 0.318. The van der Waals surface area contributed by atoms with Crippen LogP contribution in [0.2, 0.25) is 0 Å². The van der Waals surface area contributed by atoms with Gasteiger partial charge in [-0.25, -0.2) is 9.07 Å². The van der Waals surface area contributed by atoms with Crippen molar-refractivity contribution in [2.24, 2.45) is 0 Å². The topological polar surface area (TPSA) is 75.2 Å². The fourth-order valence-electron chi connectivity index (χ4n) is 2.71. The second kappa shape index (κ2) is 9.65. The molecule has 1 aromatic heterocycles. The molecule has 0 unspecified atom stereocenters. The summed E-state index contributed by atoms with van der Waals surface area (Å²) in [4.78, 5) is 0. The average Bonchev–Trinajstić information content (AvgIpc) is 3.04. The predicted octanol–water partition coefficient (Wildman–Crippen LogP) is 4.31. The number of nitrogens with zero attached hydrogens (tertiary/aromatic N) is 3. The Kier molecular flexibility index (Phi) is 6.98. The minimum Gasteiger partial charge on any atom is -0.493 e. The Labute approximate surface area is 174 Å². The Bertz CT molecular complexity index is 944. The van der Waals surface area contributed by atoms with Crippen molar-refractivity contribution in [1.29, 1.82) is 0 Å². The van der Waals surface area contributed by atoms with Crippen LogP contribution in [-0.2, 0) is 6.61 Å².